The number of nitrogens with one attached hydrogen (secondary N) is 2. The van der Waals surface area contributed by atoms with Gasteiger partial charge in [-0.25, -0.2) is 12.7 Å². The van der Waals surface area contributed by atoms with Crippen molar-refractivity contribution < 1.29 is 13.2 Å². The average molecular weight is 396 g/mol. The molecule has 2 rings (SSSR count). The van der Waals surface area contributed by atoms with Gasteiger partial charge in [0.2, 0.25) is 15.9 Å². The number of aryl methyl sites for hydroxylation is 1. The number of carbonyl (C=O) groups is 1. The molecule has 0 unspecified atom stereocenters. The molecule has 0 saturated heterocycles. The second-order valence-electron chi connectivity index (χ2n) is 6.08. The topological polar surface area (TPSA) is 78.5 Å². The van der Waals surface area contributed by atoms with Gasteiger partial charge in [-0.3, -0.25) is 4.79 Å². The molecule has 1 amide bonds. The summed E-state index contributed by atoms with van der Waals surface area (Å²) in [6.07, 6.45) is 0. The van der Waals surface area contributed by atoms with E-state index in [1.807, 2.05) is 13.0 Å². The van der Waals surface area contributed by atoms with Crippen LogP contribution in [0.1, 0.15) is 11.1 Å². The second kappa shape index (κ2) is 8.07. The van der Waals surface area contributed by atoms with Crippen molar-refractivity contribution in [3.63, 3.8) is 0 Å². The minimum atomic E-state index is -3.58. The maximum atomic E-state index is 12.4. The van der Waals surface area contributed by atoms with Crippen LogP contribution in [-0.4, -0.2) is 39.3 Å². The van der Waals surface area contributed by atoms with Crippen LogP contribution in [-0.2, 0) is 14.8 Å². The van der Waals surface area contributed by atoms with Crippen molar-refractivity contribution in [1.29, 1.82) is 0 Å². The highest BCUT2D eigenvalue weighted by atomic mass is 35.5. The third kappa shape index (κ3) is 4.55. The van der Waals surface area contributed by atoms with Crippen LogP contribution >= 0.6 is 11.6 Å². The van der Waals surface area contributed by atoms with Crippen LogP contribution in [0.3, 0.4) is 0 Å². The van der Waals surface area contributed by atoms with Gasteiger partial charge in [0, 0.05) is 30.5 Å². The van der Waals surface area contributed by atoms with E-state index in [0.29, 0.717) is 16.3 Å². The molecule has 0 aliphatic rings. The highest BCUT2D eigenvalue weighted by Crippen LogP contribution is 2.24. The Labute approximate surface area is 159 Å². The summed E-state index contributed by atoms with van der Waals surface area (Å²) in [4.78, 5) is 12.4. The van der Waals surface area contributed by atoms with Crippen LogP contribution < -0.4 is 10.6 Å². The van der Waals surface area contributed by atoms with Gasteiger partial charge in [-0.2, -0.15) is 0 Å². The number of amides is 1. The molecular formula is C18H22ClN3O3S. The largest absolute Gasteiger partial charge is 0.376 e. The Kier molecular flexibility index (Phi) is 6.28. The van der Waals surface area contributed by atoms with Gasteiger partial charge >= 0.3 is 0 Å². The van der Waals surface area contributed by atoms with E-state index in [2.05, 4.69) is 10.6 Å². The monoisotopic (exact) mass is 395 g/mol. The number of anilines is 2. The zero-order chi connectivity index (χ0) is 19.5. The summed E-state index contributed by atoms with van der Waals surface area (Å²) in [6.45, 7) is 3.61. The molecule has 0 aliphatic heterocycles. The molecule has 2 N–H and O–H groups in total. The van der Waals surface area contributed by atoms with E-state index in [1.54, 1.807) is 31.2 Å². The Hall–Kier alpha value is -2.09. The molecule has 140 valence electrons. The van der Waals surface area contributed by atoms with E-state index < -0.39 is 10.0 Å². The van der Waals surface area contributed by atoms with E-state index in [9.17, 15) is 13.2 Å². The maximum absolute atomic E-state index is 12.4. The Bertz CT molecular complexity index is 927. The van der Waals surface area contributed by atoms with Gasteiger partial charge in [0.1, 0.15) is 0 Å². The summed E-state index contributed by atoms with van der Waals surface area (Å²) in [5.41, 5.74) is 2.67. The fourth-order valence-electron chi connectivity index (χ4n) is 2.33. The molecule has 0 radical (unpaired) electrons. The summed E-state index contributed by atoms with van der Waals surface area (Å²) < 4.78 is 25.9. The average Bonchev–Trinajstić information content (AvgIpc) is 2.57. The zero-order valence-corrected chi connectivity index (χ0v) is 16.7. The Morgan fingerprint density at radius 1 is 1.15 bits per heavy atom. The van der Waals surface area contributed by atoms with Crippen molar-refractivity contribution >= 4 is 38.9 Å². The lowest BCUT2D eigenvalue weighted by atomic mass is 10.2. The van der Waals surface area contributed by atoms with E-state index in [-0.39, 0.29) is 17.3 Å². The van der Waals surface area contributed by atoms with E-state index in [1.165, 1.54) is 20.2 Å². The molecule has 0 heterocycles. The molecule has 8 heteroatoms. The Morgan fingerprint density at radius 2 is 1.85 bits per heavy atom. The molecule has 0 aromatic heterocycles. The first-order valence-corrected chi connectivity index (χ1v) is 9.76. The van der Waals surface area contributed by atoms with Gasteiger partial charge in [0.25, 0.3) is 0 Å². The minimum absolute atomic E-state index is 0.0326. The second-order valence-corrected chi connectivity index (χ2v) is 8.61. The first-order chi connectivity index (χ1) is 12.1. The first-order valence-electron chi connectivity index (χ1n) is 7.95. The molecule has 2 aromatic rings. The van der Waals surface area contributed by atoms with Crippen LogP contribution in [0.4, 0.5) is 11.4 Å². The first kappa shape index (κ1) is 20.2. The lowest BCUT2D eigenvalue weighted by molar-refractivity contribution is -0.114. The van der Waals surface area contributed by atoms with Crippen LogP contribution in [0.25, 0.3) is 0 Å². The number of hydrogen-bond donors (Lipinski definition) is 2. The summed E-state index contributed by atoms with van der Waals surface area (Å²) in [6, 6.07) is 10.2. The molecule has 0 aliphatic carbocycles. The van der Waals surface area contributed by atoms with Gasteiger partial charge in [-0.05, 0) is 49.2 Å². The SMILES string of the molecule is Cc1ccc(NC(=O)CNc2cccc(Cl)c2C)cc1S(=O)(=O)N(C)C. The maximum Gasteiger partial charge on any atom is 0.243 e. The Morgan fingerprint density at radius 3 is 2.50 bits per heavy atom. The summed E-state index contributed by atoms with van der Waals surface area (Å²) in [5.74, 6) is -0.290. The van der Waals surface area contributed by atoms with Crippen molar-refractivity contribution in [2.45, 2.75) is 18.7 Å². The number of halogens is 1. The minimum Gasteiger partial charge on any atom is -0.376 e. The van der Waals surface area contributed by atoms with Gasteiger partial charge in [0.15, 0.2) is 0 Å². The van der Waals surface area contributed by atoms with Crippen LogP contribution in [0, 0.1) is 13.8 Å². The number of benzene rings is 2. The lowest BCUT2D eigenvalue weighted by Gasteiger charge is -2.15. The molecule has 0 spiro atoms. The van der Waals surface area contributed by atoms with Crippen LogP contribution in [0.15, 0.2) is 41.3 Å². The van der Waals surface area contributed by atoms with Gasteiger partial charge < -0.3 is 10.6 Å². The van der Waals surface area contributed by atoms with Crippen molar-refractivity contribution in [1.82, 2.24) is 4.31 Å². The molecule has 6 nitrogen and oxygen atoms in total. The van der Waals surface area contributed by atoms with E-state index in [0.717, 1.165) is 15.6 Å². The number of hydrogen-bond acceptors (Lipinski definition) is 4. The predicted octanol–water partition coefficient (Wildman–Crippen LogP) is 3.26. The van der Waals surface area contributed by atoms with E-state index in [4.69, 9.17) is 11.6 Å². The van der Waals surface area contributed by atoms with Crippen molar-refractivity contribution in [3.05, 3.63) is 52.5 Å². The standard InChI is InChI=1S/C18H22ClN3O3S/c1-12-8-9-14(10-17(12)26(24,25)22(3)4)21-18(23)11-20-16-7-5-6-15(19)13(16)2/h5-10,20H,11H2,1-4H3,(H,21,23). The van der Waals surface area contributed by atoms with Crippen molar-refractivity contribution in [2.75, 3.05) is 31.3 Å². The number of rotatable bonds is 6. The molecule has 2 aromatic carbocycles. The number of sulfonamides is 1. The lowest BCUT2D eigenvalue weighted by Crippen LogP contribution is -2.24. The van der Waals surface area contributed by atoms with Crippen LogP contribution in [0.5, 0.6) is 0 Å². The molecule has 0 saturated carbocycles. The summed E-state index contributed by atoms with van der Waals surface area (Å²) >= 11 is 6.06. The molecular weight excluding hydrogens is 374 g/mol. The fraction of sp³-hybridized carbons (Fsp3) is 0.278. The molecule has 26 heavy (non-hydrogen) atoms. The smallest absolute Gasteiger partial charge is 0.243 e. The predicted molar refractivity (Wildman–Crippen MR) is 105 cm³/mol. The highest BCUT2D eigenvalue weighted by Gasteiger charge is 2.20. The van der Waals surface area contributed by atoms with Gasteiger partial charge in [-0.1, -0.05) is 23.7 Å². The summed E-state index contributed by atoms with van der Waals surface area (Å²) in [7, 11) is -0.641. The number of carbonyl (C=O) groups excluding carboxylic acids is 1. The fourth-order valence-corrected chi connectivity index (χ4v) is 3.65. The van der Waals surface area contributed by atoms with Crippen LogP contribution in [0.2, 0.25) is 5.02 Å². The molecule has 0 atom stereocenters. The van der Waals surface area contributed by atoms with E-state index >= 15 is 0 Å². The Balaban J connectivity index is 2.11. The van der Waals surface area contributed by atoms with Gasteiger partial charge in [-0.15, -0.1) is 0 Å². The van der Waals surface area contributed by atoms with Crippen molar-refractivity contribution in [2.24, 2.45) is 0 Å². The quantitative estimate of drug-likeness (QED) is 0.786. The molecule has 0 bridgehead atoms. The third-order valence-corrected chi connectivity index (χ3v) is 6.30. The normalized spacial score (nSPS) is 11.5. The molecule has 0 fully saturated rings. The van der Waals surface area contributed by atoms with Gasteiger partial charge in [0.05, 0.1) is 11.4 Å². The third-order valence-electron chi connectivity index (χ3n) is 3.94. The zero-order valence-electron chi connectivity index (χ0n) is 15.1. The van der Waals surface area contributed by atoms with Crippen molar-refractivity contribution in [3.8, 4) is 0 Å². The number of nitrogens with zero attached hydrogens (tertiary/aromatic N) is 1. The highest BCUT2D eigenvalue weighted by molar-refractivity contribution is 7.89. The summed E-state index contributed by atoms with van der Waals surface area (Å²) in [5, 5.41) is 6.35.